The van der Waals surface area contributed by atoms with Crippen molar-refractivity contribution in [1.82, 2.24) is 4.90 Å². The summed E-state index contributed by atoms with van der Waals surface area (Å²) in [7, 11) is 1.52. The smallest absolute Gasteiger partial charge is 0.294 e. The van der Waals surface area contributed by atoms with Crippen LogP contribution < -0.4 is 14.8 Å². The van der Waals surface area contributed by atoms with Crippen LogP contribution in [0, 0.1) is 6.92 Å². The lowest BCUT2D eigenvalue weighted by Crippen LogP contribution is -2.36. The molecule has 1 fully saturated rings. The summed E-state index contributed by atoms with van der Waals surface area (Å²) in [6, 6.07) is 10.7. The minimum atomic E-state index is -0.520. The van der Waals surface area contributed by atoms with Crippen LogP contribution in [0.2, 0.25) is 0 Å². The number of anilines is 1. The van der Waals surface area contributed by atoms with Crippen molar-refractivity contribution in [3.05, 3.63) is 56.9 Å². The number of thioether (sulfide) groups is 1. The van der Waals surface area contributed by atoms with Gasteiger partial charge in [0.2, 0.25) is 5.91 Å². The van der Waals surface area contributed by atoms with Crippen molar-refractivity contribution in [2.45, 2.75) is 13.8 Å². The Morgan fingerprint density at radius 2 is 1.90 bits per heavy atom. The second-order valence-corrected chi connectivity index (χ2v) is 8.49. The Morgan fingerprint density at radius 1 is 1.19 bits per heavy atom. The van der Waals surface area contributed by atoms with Gasteiger partial charge in [0, 0.05) is 10.2 Å². The summed E-state index contributed by atoms with van der Waals surface area (Å²) in [5, 5.41) is 2.20. The molecule has 1 N–H and O–H groups in total. The van der Waals surface area contributed by atoms with Crippen LogP contribution in [0.15, 0.2) is 45.8 Å². The van der Waals surface area contributed by atoms with Crippen molar-refractivity contribution in [2.24, 2.45) is 0 Å². The van der Waals surface area contributed by atoms with Gasteiger partial charge in [0.25, 0.3) is 11.1 Å². The summed E-state index contributed by atoms with van der Waals surface area (Å²) < 4.78 is 11.6. The lowest BCUT2D eigenvalue weighted by Gasteiger charge is -2.13. The highest BCUT2D eigenvalue weighted by Gasteiger charge is 2.36. The summed E-state index contributed by atoms with van der Waals surface area (Å²) in [6.07, 6.45) is 1.59. The molecule has 1 saturated heterocycles. The molecule has 0 aliphatic carbocycles. The highest BCUT2D eigenvalue weighted by Crippen LogP contribution is 2.38. The summed E-state index contributed by atoms with van der Waals surface area (Å²) in [5.74, 6) is 0.105. The SMILES string of the molecule is CCOc1cc(Br)c(C=C2SC(=O)N(CC(=O)Nc3ccc(C)cc3)C2=O)cc1OC. The molecule has 0 bridgehead atoms. The van der Waals surface area contributed by atoms with Gasteiger partial charge in [-0.1, -0.05) is 33.6 Å². The summed E-state index contributed by atoms with van der Waals surface area (Å²) in [6.45, 7) is 3.93. The van der Waals surface area contributed by atoms with E-state index in [-0.39, 0.29) is 11.4 Å². The van der Waals surface area contributed by atoms with Crippen LogP contribution in [0.1, 0.15) is 18.1 Å². The van der Waals surface area contributed by atoms with E-state index >= 15 is 0 Å². The summed E-state index contributed by atoms with van der Waals surface area (Å²) >= 11 is 4.25. The van der Waals surface area contributed by atoms with Gasteiger partial charge in [0.1, 0.15) is 6.54 Å². The van der Waals surface area contributed by atoms with Crippen LogP contribution in [0.3, 0.4) is 0 Å². The van der Waals surface area contributed by atoms with Crippen molar-refractivity contribution < 1.29 is 23.9 Å². The fourth-order valence-electron chi connectivity index (χ4n) is 2.85. The molecule has 9 heteroatoms. The van der Waals surface area contributed by atoms with Crippen LogP contribution in [-0.4, -0.2) is 42.2 Å². The number of hydrogen-bond donors (Lipinski definition) is 1. The largest absolute Gasteiger partial charge is 0.493 e. The lowest BCUT2D eigenvalue weighted by atomic mass is 10.2. The van der Waals surface area contributed by atoms with Gasteiger partial charge in [-0.15, -0.1) is 0 Å². The third-order valence-corrected chi connectivity index (χ3v) is 5.97. The molecule has 0 atom stereocenters. The van der Waals surface area contributed by atoms with E-state index in [4.69, 9.17) is 9.47 Å². The first-order chi connectivity index (χ1) is 14.8. The minimum absolute atomic E-state index is 0.222. The maximum atomic E-state index is 12.8. The fourth-order valence-corrected chi connectivity index (χ4v) is 4.11. The predicted octanol–water partition coefficient (Wildman–Crippen LogP) is 4.84. The number of aryl methyl sites for hydroxylation is 1. The van der Waals surface area contributed by atoms with Crippen LogP contribution in [0.4, 0.5) is 10.5 Å². The van der Waals surface area contributed by atoms with Crippen LogP contribution in [0.25, 0.3) is 6.08 Å². The van der Waals surface area contributed by atoms with Crippen molar-refractivity contribution in [2.75, 3.05) is 25.6 Å². The molecule has 0 aromatic heterocycles. The number of amides is 3. The topological polar surface area (TPSA) is 84.9 Å². The van der Waals surface area contributed by atoms with Crippen LogP contribution in [0.5, 0.6) is 11.5 Å². The molecule has 1 heterocycles. The molecule has 162 valence electrons. The number of halogens is 1. The highest BCUT2D eigenvalue weighted by atomic mass is 79.9. The van der Waals surface area contributed by atoms with E-state index in [1.807, 2.05) is 26.0 Å². The van der Waals surface area contributed by atoms with Crippen LogP contribution in [-0.2, 0) is 9.59 Å². The first-order valence-corrected chi connectivity index (χ1v) is 11.1. The molecule has 1 aliphatic heterocycles. The number of ether oxygens (including phenoxy) is 2. The first kappa shape index (κ1) is 22.9. The number of carbonyl (C=O) groups excluding carboxylic acids is 3. The molecule has 0 spiro atoms. The van der Waals surface area contributed by atoms with Crippen molar-refractivity contribution in [3.8, 4) is 11.5 Å². The Hall–Kier alpha value is -2.78. The number of carbonyl (C=O) groups is 3. The maximum Gasteiger partial charge on any atom is 0.294 e. The minimum Gasteiger partial charge on any atom is -0.493 e. The molecule has 1 aliphatic rings. The van der Waals surface area contributed by atoms with E-state index in [0.717, 1.165) is 22.2 Å². The van der Waals surface area contributed by atoms with Crippen molar-refractivity contribution >= 4 is 56.5 Å². The monoisotopic (exact) mass is 504 g/mol. The summed E-state index contributed by atoms with van der Waals surface area (Å²) in [4.78, 5) is 38.6. The van der Waals surface area contributed by atoms with Crippen molar-refractivity contribution in [3.63, 3.8) is 0 Å². The van der Waals surface area contributed by atoms with Gasteiger partial charge < -0.3 is 14.8 Å². The Bertz CT molecular complexity index is 1050. The zero-order valence-corrected chi connectivity index (χ0v) is 19.6. The first-order valence-electron chi connectivity index (χ1n) is 9.44. The molecule has 3 amide bonds. The second-order valence-electron chi connectivity index (χ2n) is 6.64. The van der Waals surface area contributed by atoms with E-state index in [0.29, 0.717) is 33.8 Å². The van der Waals surface area contributed by atoms with Gasteiger partial charge in [0.05, 0.1) is 18.6 Å². The van der Waals surface area contributed by atoms with E-state index in [1.165, 1.54) is 7.11 Å². The van der Waals surface area contributed by atoms with Gasteiger partial charge in [-0.3, -0.25) is 19.3 Å². The number of imide groups is 1. The van der Waals surface area contributed by atoms with E-state index in [1.54, 1.807) is 30.3 Å². The highest BCUT2D eigenvalue weighted by molar-refractivity contribution is 9.10. The number of nitrogens with one attached hydrogen (secondary N) is 1. The van der Waals surface area contributed by atoms with Gasteiger partial charge in [0.15, 0.2) is 11.5 Å². The summed E-state index contributed by atoms with van der Waals surface area (Å²) in [5.41, 5.74) is 2.31. The van der Waals surface area contributed by atoms with E-state index in [2.05, 4.69) is 21.2 Å². The third kappa shape index (κ3) is 5.48. The number of nitrogens with zero attached hydrogens (tertiary/aromatic N) is 1. The van der Waals surface area contributed by atoms with Gasteiger partial charge in [-0.2, -0.15) is 0 Å². The molecule has 2 aromatic carbocycles. The Balaban J connectivity index is 1.75. The average molecular weight is 505 g/mol. The third-order valence-electron chi connectivity index (χ3n) is 4.38. The van der Waals surface area contributed by atoms with Crippen molar-refractivity contribution in [1.29, 1.82) is 0 Å². The number of rotatable bonds is 7. The zero-order chi connectivity index (χ0) is 22.5. The Kier molecular flexibility index (Phi) is 7.40. The predicted molar refractivity (Wildman–Crippen MR) is 124 cm³/mol. The Morgan fingerprint density at radius 3 is 2.55 bits per heavy atom. The number of benzene rings is 2. The Labute approximate surface area is 192 Å². The molecule has 0 unspecified atom stereocenters. The molecular formula is C22H21BrN2O5S. The van der Waals surface area contributed by atoms with Gasteiger partial charge in [-0.25, -0.2) is 0 Å². The lowest BCUT2D eigenvalue weighted by molar-refractivity contribution is -0.127. The maximum absolute atomic E-state index is 12.8. The quantitative estimate of drug-likeness (QED) is 0.543. The van der Waals surface area contributed by atoms with Gasteiger partial charge >= 0.3 is 0 Å². The molecule has 0 saturated carbocycles. The number of methoxy groups -OCH3 is 1. The molecule has 3 rings (SSSR count). The van der Waals surface area contributed by atoms with Crippen LogP contribution >= 0.6 is 27.7 Å². The standard InChI is InChI=1S/C22H21BrN2O5S/c1-4-30-18-11-16(23)14(9-17(18)29-3)10-19-21(27)25(22(28)31-19)12-20(26)24-15-7-5-13(2)6-8-15/h5-11H,4,12H2,1-3H3,(H,24,26). The molecule has 31 heavy (non-hydrogen) atoms. The molecule has 7 nitrogen and oxygen atoms in total. The normalized spacial score (nSPS) is 14.8. The molecular weight excluding hydrogens is 484 g/mol. The fraction of sp³-hybridized carbons (Fsp3) is 0.227. The second kappa shape index (κ2) is 10.0. The molecule has 2 aromatic rings. The van der Waals surface area contributed by atoms with E-state index in [9.17, 15) is 14.4 Å². The van der Waals surface area contributed by atoms with E-state index < -0.39 is 17.1 Å². The zero-order valence-electron chi connectivity index (χ0n) is 17.2. The number of hydrogen-bond acceptors (Lipinski definition) is 6. The van der Waals surface area contributed by atoms with Gasteiger partial charge in [-0.05, 0) is 61.5 Å². The average Bonchev–Trinajstić information content (AvgIpc) is 2.99. The molecule has 0 radical (unpaired) electrons.